The van der Waals surface area contributed by atoms with Crippen LogP contribution in [0.3, 0.4) is 0 Å². The third kappa shape index (κ3) is 7.01. The van der Waals surface area contributed by atoms with E-state index in [0.717, 1.165) is 5.57 Å². The van der Waals surface area contributed by atoms with E-state index in [9.17, 15) is 14.0 Å². The molecule has 1 aromatic heterocycles. The average Bonchev–Trinajstić information content (AvgIpc) is 3.27. The Balaban J connectivity index is 2.07. The van der Waals surface area contributed by atoms with Crippen molar-refractivity contribution in [2.45, 2.75) is 40.3 Å². The lowest BCUT2D eigenvalue weighted by molar-refractivity contribution is -0.115. The highest BCUT2D eigenvalue weighted by Gasteiger charge is 2.21. The van der Waals surface area contributed by atoms with Gasteiger partial charge in [0.15, 0.2) is 0 Å². The molecule has 9 heteroatoms. The molecule has 33 heavy (non-hydrogen) atoms. The number of aryl methyl sites for hydroxylation is 1. The van der Waals surface area contributed by atoms with Crippen LogP contribution in [0.5, 0.6) is 0 Å². The number of carbonyl (C=O) groups excluding carboxylic acids is 2. The van der Waals surface area contributed by atoms with Crippen LogP contribution in [0.25, 0.3) is 0 Å². The van der Waals surface area contributed by atoms with E-state index in [0.29, 0.717) is 26.6 Å². The molecule has 2 N–H and O–H groups in total. The second kappa shape index (κ2) is 12.0. The van der Waals surface area contributed by atoms with Crippen molar-refractivity contribution < 1.29 is 14.0 Å². The molecule has 7 nitrogen and oxygen atoms in total. The molecule has 0 fully saturated rings. The fourth-order valence-electron chi connectivity index (χ4n) is 2.83. The van der Waals surface area contributed by atoms with Crippen molar-refractivity contribution in [3.8, 4) is 0 Å². The maximum atomic E-state index is 13.7. The summed E-state index contributed by atoms with van der Waals surface area (Å²) in [5.41, 5.74) is 2.89. The van der Waals surface area contributed by atoms with E-state index >= 15 is 0 Å². The molecule has 0 bridgehead atoms. The van der Waals surface area contributed by atoms with Gasteiger partial charge in [-0.3, -0.25) is 19.6 Å². The van der Waals surface area contributed by atoms with Crippen LogP contribution in [0.1, 0.15) is 52.6 Å². The number of carbonyl (C=O) groups is 2. The van der Waals surface area contributed by atoms with Crippen molar-refractivity contribution in [1.82, 2.24) is 15.6 Å². The zero-order valence-corrected chi connectivity index (χ0v) is 20.2. The van der Waals surface area contributed by atoms with Gasteiger partial charge in [-0.15, -0.1) is 11.3 Å². The van der Waals surface area contributed by atoms with Gasteiger partial charge in [0.1, 0.15) is 21.4 Å². The second-order valence-corrected chi connectivity index (χ2v) is 8.55. The van der Waals surface area contributed by atoms with Crippen LogP contribution in [0, 0.1) is 12.7 Å². The molecule has 0 aliphatic heterocycles. The lowest BCUT2D eigenvalue weighted by Gasteiger charge is -2.14. The van der Waals surface area contributed by atoms with Crippen LogP contribution in [0.4, 0.5) is 4.39 Å². The van der Waals surface area contributed by atoms with Crippen LogP contribution in [0.15, 0.2) is 58.3 Å². The predicted molar refractivity (Wildman–Crippen MR) is 131 cm³/mol. The minimum atomic E-state index is -0.456. The highest BCUT2D eigenvalue weighted by Crippen LogP contribution is 2.20. The van der Waals surface area contributed by atoms with E-state index in [1.54, 1.807) is 39.2 Å². The van der Waals surface area contributed by atoms with Crippen LogP contribution in [-0.2, 0) is 11.3 Å². The molecule has 174 valence electrons. The van der Waals surface area contributed by atoms with Gasteiger partial charge in [-0.2, -0.15) is 0 Å². The first-order chi connectivity index (χ1) is 15.7. The lowest BCUT2D eigenvalue weighted by Crippen LogP contribution is -2.34. The number of hydrogen-bond donors (Lipinski definition) is 2. The molecule has 0 aliphatic carbocycles. The minimum Gasteiger partial charge on any atom is -0.347 e. The van der Waals surface area contributed by atoms with Crippen molar-refractivity contribution in [2.75, 3.05) is 7.05 Å². The van der Waals surface area contributed by atoms with Gasteiger partial charge in [0.05, 0.1) is 12.2 Å². The summed E-state index contributed by atoms with van der Waals surface area (Å²) in [5, 5.41) is 6.18. The van der Waals surface area contributed by atoms with E-state index in [4.69, 9.17) is 0 Å². The summed E-state index contributed by atoms with van der Waals surface area (Å²) in [4.78, 5) is 38.1. The summed E-state index contributed by atoms with van der Waals surface area (Å²) in [7, 11) is 1.62. The predicted octanol–water partition coefficient (Wildman–Crippen LogP) is 4.32. The summed E-state index contributed by atoms with van der Waals surface area (Å²) in [6.45, 7) is 11.0. The van der Waals surface area contributed by atoms with Gasteiger partial charge in [0, 0.05) is 31.6 Å². The highest BCUT2D eigenvalue weighted by atomic mass is 32.1. The Kier molecular flexibility index (Phi) is 9.35. The fraction of sp³-hybridized carbons (Fsp3) is 0.292. The number of allylic oxidation sites excluding steroid dienone is 1. The van der Waals surface area contributed by atoms with Gasteiger partial charge in [0.2, 0.25) is 0 Å². The molecule has 2 rings (SSSR count). The molecule has 1 atom stereocenters. The Morgan fingerprint density at radius 2 is 2.06 bits per heavy atom. The molecular weight excluding hydrogens is 441 g/mol. The summed E-state index contributed by atoms with van der Waals surface area (Å²) < 4.78 is 13.7. The van der Waals surface area contributed by atoms with Crippen molar-refractivity contribution >= 4 is 35.1 Å². The lowest BCUT2D eigenvalue weighted by atomic mass is 10.1. The van der Waals surface area contributed by atoms with E-state index in [-0.39, 0.29) is 24.0 Å². The molecule has 0 radical (unpaired) electrons. The summed E-state index contributed by atoms with van der Waals surface area (Å²) >= 11 is 1.17. The molecule has 0 spiro atoms. The van der Waals surface area contributed by atoms with Gasteiger partial charge in [-0.25, -0.2) is 9.37 Å². The number of aliphatic imine (C=N–C) groups is 2. The summed E-state index contributed by atoms with van der Waals surface area (Å²) in [6, 6.07) is 4.38. The van der Waals surface area contributed by atoms with Gasteiger partial charge in [-0.05, 0) is 44.9 Å². The number of thiazole rings is 1. The molecular formula is C24H28FN5O2S. The number of hydrogen-bond acceptors (Lipinski definition) is 6. The monoisotopic (exact) mass is 469 g/mol. The SMILES string of the molecule is C=CN=C(C(=O)NC(C)c1ncc(C(=O)NCc2ccc(C)c(F)c2)s1)C(C=NC)=C(C)C. The van der Waals surface area contributed by atoms with Crippen LogP contribution >= 0.6 is 11.3 Å². The number of amides is 2. The van der Waals surface area contributed by atoms with Crippen molar-refractivity contribution in [1.29, 1.82) is 0 Å². The van der Waals surface area contributed by atoms with Crippen LogP contribution in [0.2, 0.25) is 0 Å². The highest BCUT2D eigenvalue weighted by molar-refractivity contribution is 7.13. The minimum absolute atomic E-state index is 0.196. The van der Waals surface area contributed by atoms with Crippen molar-refractivity contribution in [2.24, 2.45) is 9.98 Å². The van der Waals surface area contributed by atoms with Crippen molar-refractivity contribution in [3.63, 3.8) is 0 Å². The standard InChI is InChI=1S/C24H28FN5O2S/c1-7-27-21(18(12-26-6)14(2)3)23(32)30-16(5)24-29-13-20(33-24)22(31)28-11-17-9-8-15(4)19(25)10-17/h7-10,12-13,16H,1,11H2,2-6H3,(H,28,31)(H,30,32). The molecule has 1 aromatic carbocycles. The molecule has 0 saturated heterocycles. The van der Waals surface area contributed by atoms with Crippen LogP contribution < -0.4 is 10.6 Å². The number of nitrogens with one attached hydrogen (secondary N) is 2. The normalized spacial score (nSPS) is 12.4. The third-order valence-corrected chi connectivity index (χ3v) is 5.82. The number of nitrogens with zero attached hydrogens (tertiary/aromatic N) is 3. The molecule has 1 heterocycles. The van der Waals surface area contributed by atoms with E-state index in [1.807, 2.05) is 13.8 Å². The molecule has 1 unspecified atom stereocenters. The third-order valence-electron chi connectivity index (χ3n) is 4.64. The first-order valence-corrected chi connectivity index (χ1v) is 11.1. The number of aromatic nitrogens is 1. The Bertz CT molecular complexity index is 1130. The Morgan fingerprint density at radius 1 is 1.33 bits per heavy atom. The smallest absolute Gasteiger partial charge is 0.271 e. The molecule has 2 aromatic rings. The average molecular weight is 470 g/mol. The van der Waals surface area contributed by atoms with E-state index in [2.05, 4.69) is 32.2 Å². The first-order valence-electron chi connectivity index (χ1n) is 10.3. The van der Waals surface area contributed by atoms with Gasteiger partial charge >= 0.3 is 0 Å². The van der Waals surface area contributed by atoms with E-state index < -0.39 is 11.9 Å². The summed E-state index contributed by atoms with van der Waals surface area (Å²) in [6.07, 6.45) is 4.34. The maximum absolute atomic E-state index is 13.7. The molecule has 2 amide bonds. The largest absolute Gasteiger partial charge is 0.347 e. The fourth-order valence-corrected chi connectivity index (χ4v) is 3.67. The number of rotatable bonds is 9. The quantitative estimate of drug-likeness (QED) is 0.536. The number of halogens is 1. The zero-order chi connectivity index (χ0) is 24.5. The molecule has 0 aliphatic rings. The second-order valence-electron chi connectivity index (χ2n) is 7.49. The Hall–Kier alpha value is -3.46. The number of benzene rings is 1. The van der Waals surface area contributed by atoms with Gasteiger partial charge in [-0.1, -0.05) is 24.3 Å². The Labute approximate surface area is 197 Å². The topological polar surface area (TPSA) is 95.8 Å². The maximum Gasteiger partial charge on any atom is 0.271 e. The summed E-state index contributed by atoms with van der Waals surface area (Å²) in [5.74, 6) is -1.04. The van der Waals surface area contributed by atoms with Crippen molar-refractivity contribution in [3.05, 3.63) is 75.1 Å². The molecule has 0 saturated carbocycles. The zero-order valence-electron chi connectivity index (χ0n) is 19.4. The van der Waals surface area contributed by atoms with E-state index in [1.165, 1.54) is 29.8 Å². The van der Waals surface area contributed by atoms with Crippen LogP contribution in [-0.4, -0.2) is 35.8 Å². The first kappa shape index (κ1) is 25.8. The van der Waals surface area contributed by atoms with Gasteiger partial charge < -0.3 is 10.6 Å². The Morgan fingerprint density at radius 3 is 2.67 bits per heavy atom. The van der Waals surface area contributed by atoms with Gasteiger partial charge in [0.25, 0.3) is 11.8 Å².